The van der Waals surface area contributed by atoms with Gasteiger partial charge in [-0.25, -0.2) is 4.90 Å². The Morgan fingerprint density at radius 2 is 1.94 bits per heavy atom. The molecule has 1 aliphatic carbocycles. The number of thiocarbonyl (C=S) groups is 1. The van der Waals surface area contributed by atoms with E-state index in [9.17, 15) is 9.59 Å². The van der Waals surface area contributed by atoms with Gasteiger partial charge in [0.05, 0.1) is 11.8 Å². The van der Waals surface area contributed by atoms with E-state index in [1.807, 2.05) is 0 Å². The number of hydrogen-bond acceptors (Lipinski definition) is 3. The van der Waals surface area contributed by atoms with Crippen molar-refractivity contribution in [2.45, 2.75) is 10.3 Å². The van der Waals surface area contributed by atoms with Gasteiger partial charge in [-0.05, 0) is 6.42 Å². The van der Waals surface area contributed by atoms with Crippen molar-refractivity contribution in [1.29, 1.82) is 0 Å². The smallest absolute Gasteiger partial charge is 0.274 e. The molecule has 3 nitrogen and oxygen atoms in total. The number of halogens is 3. The number of rotatable bonds is 0. The van der Waals surface area contributed by atoms with Gasteiger partial charge in [0.25, 0.3) is 3.92 Å². The fraction of sp³-hybridized carbons (Fsp3) is 0.444. The molecule has 0 saturated carbocycles. The van der Waals surface area contributed by atoms with Crippen molar-refractivity contribution in [3.8, 4) is 0 Å². The average Bonchev–Trinajstić information content (AvgIpc) is 2.39. The van der Waals surface area contributed by atoms with Gasteiger partial charge in [-0.2, -0.15) is 0 Å². The number of likely N-dealkylation sites (tertiary alicyclic amines) is 1. The Balaban J connectivity index is 2.43. The standard InChI is InChI=1S/C9H6Cl3NO2S/c10-9(11,12)13-7(14)4-2-1-3-5(16)6(4)8(13)15/h1-2,4,6H,3H2. The maximum Gasteiger partial charge on any atom is 0.276 e. The lowest BCUT2D eigenvalue weighted by molar-refractivity contribution is -0.139. The molecular formula is C9H6Cl3NO2S. The number of alkyl halides is 3. The molecule has 0 spiro atoms. The minimum atomic E-state index is -2.05. The third-order valence-corrected chi connectivity index (χ3v) is 3.54. The van der Waals surface area contributed by atoms with E-state index >= 15 is 0 Å². The van der Waals surface area contributed by atoms with E-state index < -0.39 is 27.6 Å². The first-order valence-corrected chi connectivity index (χ1v) is 6.02. The molecule has 86 valence electrons. The molecule has 2 aliphatic rings. The second kappa shape index (κ2) is 3.95. The molecule has 7 heteroatoms. The van der Waals surface area contributed by atoms with Gasteiger partial charge in [-0.3, -0.25) is 9.59 Å². The van der Waals surface area contributed by atoms with Crippen LogP contribution in [0, 0.1) is 11.8 Å². The van der Waals surface area contributed by atoms with Gasteiger partial charge in [0.15, 0.2) is 0 Å². The Hall–Kier alpha value is -0.160. The highest BCUT2D eigenvalue weighted by Gasteiger charge is 2.55. The summed E-state index contributed by atoms with van der Waals surface area (Å²) in [6.45, 7) is 0. The van der Waals surface area contributed by atoms with Crippen LogP contribution in [0.3, 0.4) is 0 Å². The molecule has 16 heavy (non-hydrogen) atoms. The van der Waals surface area contributed by atoms with Crippen LogP contribution in [0.15, 0.2) is 12.2 Å². The first-order chi connectivity index (χ1) is 7.34. The maximum absolute atomic E-state index is 11.9. The molecule has 0 aromatic heterocycles. The molecule has 2 atom stereocenters. The van der Waals surface area contributed by atoms with Crippen LogP contribution in [-0.2, 0) is 9.59 Å². The highest BCUT2D eigenvalue weighted by molar-refractivity contribution is 7.80. The van der Waals surface area contributed by atoms with E-state index in [4.69, 9.17) is 47.0 Å². The number of amides is 2. The number of nitrogens with zero attached hydrogens (tertiary/aromatic N) is 1. The molecule has 0 radical (unpaired) electrons. The third kappa shape index (κ3) is 1.78. The summed E-state index contributed by atoms with van der Waals surface area (Å²) in [6.07, 6.45) is 3.91. The molecule has 0 aromatic rings. The third-order valence-electron chi connectivity index (χ3n) is 2.61. The highest BCUT2D eigenvalue weighted by atomic mass is 35.6. The van der Waals surface area contributed by atoms with Crippen LogP contribution in [0.2, 0.25) is 0 Å². The minimum Gasteiger partial charge on any atom is -0.274 e. The zero-order valence-corrected chi connectivity index (χ0v) is 10.9. The van der Waals surface area contributed by atoms with Crippen LogP contribution < -0.4 is 0 Å². The summed E-state index contributed by atoms with van der Waals surface area (Å²) in [4.78, 5) is 25.0. The second-order valence-electron chi connectivity index (χ2n) is 3.58. The van der Waals surface area contributed by atoms with Gasteiger partial charge in [0, 0.05) is 4.86 Å². The molecule has 0 N–H and O–H groups in total. The monoisotopic (exact) mass is 297 g/mol. The molecule has 2 unspecified atom stereocenters. The largest absolute Gasteiger partial charge is 0.276 e. The zero-order valence-electron chi connectivity index (χ0n) is 7.82. The van der Waals surface area contributed by atoms with Gasteiger partial charge in [0.2, 0.25) is 11.8 Å². The zero-order chi connectivity index (χ0) is 12.1. The quantitative estimate of drug-likeness (QED) is 0.226. The van der Waals surface area contributed by atoms with Crippen LogP contribution in [0.25, 0.3) is 0 Å². The van der Waals surface area contributed by atoms with Crippen LogP contribution in [0.1, 0.15) is 6.42 Å². The molecule has 1 heterocycles. The van der Waals surface area contributed by atoms with Gasteiger partial charge in [-0.15, -0.1) is 0 Å². The van der Waals surface area contributed by atoms with E-state index in [2.05, 4.69) is 0 Å². The lowest BCUT2D eigenvalue weighted by Crippen LogP contribution is -2.41. The predicted molar refractivity (Wildman–Crippen MR) is 65.5 cm³/mol. The normalized spacial score (nSPS) is 29.9. The summed E-state index contributed by atoms with van der Waals surface area (Å²) in [7, 11) is 0. The van der Waals surface area contributed by atoms with Crippen LogP contribution in [-0.4, -0.2) is 25.5 Å². The summed E-state index contributed by atoms with van der Waals surface area (Å²) >= 11 is 21.8. The second-order valence-corrected chi connectivity index (χ2v) is 6.33. The summed E-state index contributed by atoms with van der Waals surface area (Å²) in [5, 5.41) is 0. The van der Waals surface area contributed by atoms with Gasteiger partial charge in [-0.1, -0.05) is 59.2 Å². The lowest BCUT2D eigenvalue weighted by Gasteiger charge is -2.22. The fourth-order valence-corrected chi connectivity index (χ4v) is 2.78. The molecular weight excluding hydrogens is 293 g/mol. The molecule has 1 saturated heterocycles. The molecule has 2 rings (SSSR count). The van der Waals surface area contributed by atoms with Crippen molar-refractivity contribution in [3.05, 3.63) is 12.2 Å². The topological polar surface area (TPSA) is 37.4 Å². The van der Waals surface area contributed by atoms with Gasteiger partial charge in [0.1, 0.15) is 0 Å². The van der Waals surface area contributed by atoms with Crippen molar-refractivity contribution in [2.24, 2.45) is 11.8 Å². The van der Waals surface area contributed by atoms with E-state index in [0.29, 0.717) is 16.2 Å². The van der Waals surface area contributed by atoms with E-state index in [1.165, 1.54) is 0 Å². The highest BCUT2D eigenvalue weighted by Crippen LogP contribution is 2.41. The average molecular weight is 299 g/mol. The number of carbonyl (C=O) groups is 2. The van der Waals surface area contributed by atoms with Crippen molar-refractivity contribution >= 4 is 63.7 Å². The molecule has 1 aliphatic heterocycles. The molecule has 1 fully saturated rings. The number of allylic oxidation sites excluding steroid dienone is 1. The van der Waals surface area contributed by atoms with E-state index in [0.717, 1.165) is 0 Å². The predicted octanol–water partition coefficient (Wildman–Crippen LogP) is 2.25. The van der Waals surface area contributed by atoms with E-state index in [1.54, 1.807) is 12.2 Å². The fourth-order valence-electron chi connectivity index (χ4n) is 1.93. The number of fused-ring (bicyclic) bond motifs is 1. The summed E-state index contributed by atoms with van der Waals surface area (Å²) in [6, 6.07) is 0. The van der Waals surface area contributed by atoms with Crippen molar-refractivity contribution < 1.29 is 9.59 Å². The Morgan fingerprint density at radius 3 is 2.44 bits per heavy atom. The Kier molecular flexibility index (Phi) is 3.03. The minimum absolute atomic E-state index is 0.503. The van der Waals surface area contributed by atoms with Crippen LogP contribution >= 0.6 is 47.0 Å². The number of carbonyl (C=O) groups excluding carboxylic acids is 2. The van der Waals surface area contributed by atoms with Gasteiger partial charge < -0.3 is 0 Å². The maximum atomic E-state index is 11.9. The molecule has 0 aromatic carbocycles. The summed E-state index contributed by atoms with van der Waals surface area (Å²) in [5.74, 6) is -2.29. The molecule has 2 amide bonds. The Bertz CT molecular complexity index is 415. The molecule has 0 bridgehead atoms. The lowest BCUT2D eigenvalue weighted by atomic mass is 9.86. The van der Waals surface area contributed by atoms with Crippen LogP contribution in [0.4, 0.5) is 0 Å². The van der Waals surface area contributed by atoms with Crippen molar-refractivity contribution in [2.75, 3.05) is 0 Å². The number of imide groups is 1. The Labute approximate surface area is 112 Å². The van der Waals surface area contributed by atoms with Crippen LogP contribution in [0.5, 0.6) is 0 Å². The van der Waals surface area contributed by atoms with Gasteiger partial charge >= 0.3 is 0 Å². The number of hydrogen-bond donors (Lipinski definition) is 0. The SMILES string of the molecule is O=C1C2C=CCC(=S)C2C(=O)N1C(Cl)(Cl)Cl. The van der Waals surface area contributed by atoms with E-state index in [-0.39, 0.29) is 0 Å². The first-order valence-electron chi connectivity index (χ1n) is 4.48. The summed E-state index contributed by atoms with van der Waals surface area (Å²) < 4.78 is -2.05. The van der Waals surface area contributed by atoms with Crippen molar-refractivity contribution in [1.82, 2.24) is 4.90 Å². The Morgan fingerprint density at radius 1 is 1.31 bits per heavy atom. The summed E-state index contributed by atoms with van der Waals surface area (Å²) in [5.41, 5.74) is 0. The van der Waals surface area contributed by atoms with Crippen molar-refractivity contribution in [3.63, 3.8) is 0 Å². The first kappa shape index (κ1) is 12.3.